The number of benzene rings is 1. The van der Waals surface area contributed by atoms with E-state index in [-0.39, 0.29) is 30.9 Å². The van der Waals surface area contributed by atoms with Crippen LogP contribution in [0.15, 0.2) is 36.9 Å². The van der Waals surface area contributed by atoms with E-state index >= 15 is 0 Å². The number of carbonyl (C=O) groups excluding carboxylic acids is 1. The Morgan fingerprint density at radius 1 is 1.43 bits per heavy atom. The fourth-order valence-electron chi connectivity index (χ4n) is 2.57. The van der Waals surface area contributed by atoms with Crippen LogP contribution in [0.5, 0.6) is 5.75 Å². The maximum absolute atomic E-state index is 13.0. The van der Waals surface area contributed by atoms with Crippen LogP contribution in [0.2, 0.25) is 0 Å². The monoisotopic (exact) mass is 407 g/mol. The number of carbonyl (C=O) groups is 1. The number of nitrogens with zero attached hydrogens (tertiary/aromatic N) is 4. The molecule has 0 saturated carbocycles. The maximum atomic E-state index is 13.0. The molecule has 0 bridgehead atoms. The van der Waals surface area contributed by atoms with Crippen molar-refractivity contribution in [1.29, 1.82) is 0 Å². The van der Waals surface area contributed by atoms with Crippen molar-refractivity contribution in [2.75, 3.05) is 13.6 Å². The molecule has 28 heavy (non-hydrogen) atoms. The highest BCUT2D eigenvalue weighted by Crippen LogP contribution is 2.13. The minimum atomic E-state index is -0.323. The number of hydrogen-bond donors (Lipinski definition) is 1. The first-order chi connectivity index (χ1) is 13.3. The molecule has 0 fully saturated rings. The van der Waals surface area contributed by atoms with Gasteiger partial charge >= 0.3 is 0 Å². The second-order valence-electron chi connectivity index (χ2n) is 6.72. The second-order valence-corrected chi connectivity index (χ2v) is 7.08. The standard InChI is InChI=1S/C19H26FN5O2S/c1-5-10-24-17(12-27-16-8-6-15(20)7-9-16)22-25(19(24)28)13-23(4)11-18(26)21-14(2)3/h5-9,14H,1,10-13H2,2-4H3,(H,21,26). The van der Waals surface area contributed by atoms with Gasteiger partial charge < -0.3 is 10.1 Å². The topological polar surface area (TPSA) is 64.3 Å². The lowest BCUT2D eigenvalue weighted by Crippen LogP contribution is -2.39. The SMILES string of the molecule is C=CCn1c(COc2ccc(F)cc2)nn(CN(C)CC(=O)NC(C)C)c1=S. The summed E-state index contributed by atoms with van der Waals surface area (Å²) >= 11 is 5.51. The van der Waals surface area contributed by atoms with Crippen LogP contribution in [0.1, 0.15) is 19.7 Å². The van der Waals surface area contributed by atoms with Crippen LogP contribution >= 0.6 is 12.2 Å². The largest absolute Gasteiger partial charge is 0.486 e. The first kappa shape index (κ1) is 21.8. The predicted molar refractivity (Wildman–Crippen MR) is 108 cm³/mol. The highest BCUT2D eigenvalue weighted by Gasteiger charge is 2.14. The van der Waals surface area contributed by atoms with Crippen molar-refractivity contribution in [1.82, 2.24) is 24.6 Å². The van der Waals surface area contributed by atoms with Gasteiger partial charge in [-0.25, -0.2) is 9.07 Å². The van der Waals surface area contributed by atoms with Crippen molar-refractivity contribution in [2.24, 2.45) is 0 Å². The average molecular weight is 408 g/mol. The minimum Gasteiger partial charge on any atom is -0.486 e. The number of nitrogens with one attached hydrogen (secondary N) is 1. The third-order valence-electron chi connectivity index (χ3n) is 3.73. The molecule has 9 heteroatoms. The Morgan fingerprint density at radius 3 is 2.71 bits per heavy atom. The van der Waals surface area contributed by atoms with Gasteiger partial charge in [0, 0.05) is 12.6 Å². The summed E-state index contributed by atoms with van der Waals surface area (Å²) in [6, 6.07) is 5.87. The van der Waals surface area contributed by atoms with Crippen molar-refractivity contribution in [3.63, 3.8) is 0 Å². The van der Waals surface area contributed by atoms with Gasteiger partial charge in [0.25, 0.3) is 0 Å². The lowest BCUT2D eigenvalue weighted by atomic mass is 10.3. The molecule has 1 amide bonds. The molecule has 0 unspecified atom stereocenters. The Bertz CT molecular complexity index is 860. The van der Waals surface area contributed by atoms with Crippen LogP contribution in [-0.2, 0) is 24.6 Å². The summed E-state index contributed by atoms with van der Waals surface area (Å²) in [6.45, 7) is 8.83. The third-order valence-corrected chi connectivity index (χ3v) is 4.16. The Morgan fingerprint density at radius 2 is 2.11 bits per heavy atom. The molecule has 1 heterocycles. The van der Waals surface area contributed by atoms with E-state index in [4.69, 9.17) is 17.0 Å². The van der Waals surface area contributed by atoms with Crippen molar-refractivity contribution in [3.8, 4) is 5.75 Å². The highest BCUT2D eigenvalue weighted by molar-refractivity contribution is 7.71. The molecule has 1 aromatic carbocycles. The van der Waals surface area contributed by atoms with Gasteiger partial charge in [-0.05, 0) is 57.4 Å². The first-order valence-corrected chi connectivity index (χ1v) is 9.34. The summed E-state index contributed by atoms with van der Waals surface area (Å²) in [5.41, 5.74) is 0. The summed E-state index contributed by atoms with van der Waals surface area (Å²) in [7, 11) is 1.82. The number of amides is 1. The first-order valence-electron chi connectivity index (χ1n) is 8.93. The van der Waals surface area contributed by atoms with Gasteiger partial charge in [-0.2, -0.15) is 5.10 Å². The number of ether oxygens (including phenoxy) is 1. The number of hydrogen-bond acceptors (Lipinski definition) is 5. The lowest BCUT2D eigenvalue weighted by Gasteiger charge is -2.17. The van der Waals surface area contributed by atoms with Crippen molar-refractivity contribution < 1.29 is 13.9 Å². The van der Waals surface area contributed by atoms with Gasteiger partial charge in [-0.15, -0.1) is 6.58 Å². The van der Waals surface area contributed by atoms with E-state index in [2.05, 4.69) is 17.0 Å². The summed E-state index contributed by atoms with van der Waals surface area (Å²) in [5, 5.41) is 7.38. The third kappa shape index (κ3) is 6.28. The number of halogens is 1. The van der Waals surface area contributed by atoms with Crippen LogP contribution in [0.25, 0.3) is 0 Å². The summed E-state index contributed by atoms with van der Waals surface area (Å²) in [4.78, 5) is 13.7. The Balaban J connectivity index is 2.09. The molecule has 0 saturated heterocycles. The van der Waals surface area contributed by atoms with E-state index in [9.17, 15) is 9.18 Å². The van der Waals surface area contributed by atoms with Gasteiger partial charge in [0.2, 0.25) is 5.91 Å². The molecule has 7 nitrogen and oxygen atoms in total. The Hall–Kier alpha value is -2.52. The molecular formula is C19H26FN5O2S. The second kappa shape index (κ2) is 10.1. The normalized spacial score (nSPS) is 11.1. The molecule has 0 spiro atoms. The van der Waals surface area contributed by atoms with Crippen molar-refractivity contribution in [2.45, 2.75) is 39.7 Å². The van der Waals surface area contributed by atoms with E-state index in [1.54, 1.807) is 22.9 Å². The lowest BCUT2D eigenvalue weighted by molar-refractivity contribution is -0.122. The quantitative estimate of drug-likeness (QED) is 0.485. The number of aromatic nitrogens is 3. The van der Waals surface area contributed by atoms with Crippen LogP contribution in [0.4, 0.5) is 4.39 Å². The molecule has 0 atom stereocenters. The zero-order valence-corrected chi connectivity index (χ0v) is 17.2. The fraction of sp³-hybridized carbons (Fsp3) is 0.421. The Kier molecular flexibility index (Phi) is 7.89. The zero-order chi connectivity index (χ0) is 20.7. The molecule has 2 rings (SSSR count). The molecular weight excluding hydrogens is 381 g/mol. The smallest absolute Gasteiger partial charge is 0.234 e. The molecule has 0 aliphatic rings. The number of rotatable bonds is 10. The van der Waals surface area contributed by atoms with E-state index in [1.807, 2.05) is 30.4 Å². The van der Waals surface area contributed by atoms with Gasteiger partial charge in [-0.1, -0.05) is 6.08 Å². The molecule has 0 aliphatic carbocycles. The Labute approximate surface area is 169 Å². The summed E-state index contributed by atoms with van der Waals surface area (Å²) in [5.74, 6) is 0.772. The van der Waals surface area contributed by atoms with Gasteiger partial charge in [-0.3, -0.25) is 14.3 Å². The van der Waals surface area contributed by atoms with Gasteiger partial charge in [0.15, 0.2) is 10.6 Å². The molecule has 2 aromatic rings. The van der Waals surface area contributed by atoms with E-state index in [0.717, 1.165) is 0 Å². The molecule has 1 aromatic heterocycles. The van der Waals surface area contributed by atoms with Crippen LogP contribution in [0, 0.1) is 10.6 Å². The van der Waals surface area contributed by atoms with Gasteiger partial charge in [0.1, 0.15) is 18.2 Å². The molecule has 1 N–H and O–H groups in total. The average Bonchev–Trinajstić information content (AvgIpc) is 2.89. The molecule has 152 valence electrons. The van der Waals surface area contributed by atoms with Crippen molar-refractivity contribution in [3.05, 3.63) is 53.3 Å². The molecule has 0 aliphatic heterocycles. The maximum Gasteiger partial charge on any atom is 0.234 e. The van der Waals surface area contributed by atoms with Crippen molar-refractivity contribution >= 4 is 18.1 Å². The molecule has 0 radical (unpaired) electrons. The number of likely N-dealkylation sites (N-methyl/N-ethyl adjacent to an activating group) is 1. The van der Waals surface area contributed by atoms with Crippen LogP contribution < -0.4 is 10.1 Å². The van der Waals surface area contributed by atoms with E-state index < -0.39 is 0 Å². The zero-order valence-electron chi connectivity index (χ0n) is 16.4. The predicted octanol–water partition coefficient (Wildman–Crippen LogP) is 2.73. The summed E-state index contributed by atoms with van der Waals surface area (Å²) < 4.78 is 22.7. The highest BCUT2D eigenvalue weighted by atomic mass is 32.1. The van der Waals surface area contributed by atoms with Crippen LogP contribution in [0.3, 0.4) is 0 Å². The fourth-order valence-corrected chi connectivity index (χ4v) is 2.85. The summed E-state index contributed by atoms with van der Waals surface area (Å²) in [6.07, 6.45) is 1.73. The van der Waals surface area contributed by atoms with Gasteiger partial charge in [0.05, 0.1) is 13.2 Å². The van der Waals surface area contributed by atoms with E-state index in [0.29, 0.717) is 29.6 Å². The van der Waals surface area contributed by atoms with Crippen LogP contribution in [-0.4, -0.2) is 44.8 Å². The van der Waals surface area contributed by atoms with E-state index in [1.165, 1.54) is 12.1 Å². The minimum absolute atomic E-state index is 0.0607. The number of allylic oxidation sites excluding steroid dienone is 1.